The van der Waals surface area contributed by atoms with Crippen molar-refractivity contribution < 1.29 is 4.79 Å². The standard InChI is InChI=1S/C16H15Cl2NO/c1-19(10-12-5-4-6-13(17)9-12)11-16(20)14-7-2-3-8-15(14)18/h2-9H,10-11H2,1H3. The van der Waals surface area contributed by atoms with Crippen molar-refractivity contribution in [1.29, 1.82) is 0 Å². The first-order valence-corrected chi connectivity index (χ1v) is 7.02. The van der Waals surface area contributed by atoms with Crippen LogP contribution in [0.2, 0.25) is 10.0 Å². The molecule has 2 aromatic carbocycles. The molecule has 0 heterocycles. The smallest absolute Gasteiger partial charge is 0.178 e. The lowest BCUT2D eigenvalue weighted by Crippen LogP contribution is -2.25. The summed E-state index contributed by atoms with van der Waals surface area (Å²) in [5.74, 6) is 0.0140. The SMILES string of the molecule is CN(CC(=O)c1ccccc1Cl)Cc1cccc(Cl)c1. The van der Waals surface area contributed by atoms with Crippen LogP contribution in [0.5, 0.6) is 0 Å². The molecule has 0 saturated heterocycles. The van der Waals surface area contributed by atoms with Crippen LogP contribution in [0.3, 0.4) is 0 Å². The predicted molar refractivity (Wildman–Crippen MR) is 83.6 cm³/mol. The highest BCUT2D eigenvalue weighted by atomic mass is 35.5. The molecule has 104 valence electrons. The Hall–Kier alpha value is -1.35. The van der Waals surface area contributed by atoms with Gasteiger partial charge in [0.05, 0.1) is 11.6 Å². The average molecular weight is 308 g/mol. The Morgan fingerprint density at radius 1 is 1.10 bits per heavy atom. The third-order valence-electron chi connectivity index (χ3n) is 2.93. The molecule has 0 bridgehead atoms. The molecule has 0 fully saturated rings. The van der Waals surface area contributed by atoms with Crippen LogP contribution in [0.1, 0.15) is 15.9 Å². The zero-order chi connectivity index (χ0) is 14.5. The summed E-state index contributed by atoms with van der Waals surface area (Å²) in [6, 6.07) is 14.7. The number of likely N-dealkylation sites (N-methyl/N-ethyl adjacent to an activating group) is 1. The lowest BCUT2D eigenvalue weighted by atomic mass is 10.1. The van der Waals surface area contributed by atoms with Crippen molar-refractivity contribution in [2.75, 3.05) is 13.6 Å². The monoisotopic (exact) mass is 307 g/mol. The number of Topliss-reactive ketones (excluding diaryl/α,β-unsaturated/α-hetero) is 1. The third kappa shape index (κ3) is 4.07. The zero-order valence-corrected chi connectivity index (χ0v) is 12.7. The Balaban J connectivity index is 2.00. The maximum Gasteiger partial charge on any atom is 0.178 e. The predicted octanol–water partition coefficient (Wildman–Crippen LogP) is 4.31. The third-order valence-corrected chi connectivity index (χ3v) is 3.49. The Morgan fingerprint density at radius 2 is 1.85 bits per heavy atom. The van der Waals surface area contributed by atoms with Gasteiger partial charge < -0.3 is 0 Å². The number of rotatable bonds is 5. The molecule has 0 spiro atoms. The van der Waals surface area contributed by atoms with Crippen molar-refractivity contribution in [2.24, 2.45) is 0 Å². The largest absolute Gasteiger partial charge is 0.295 e. The van der Waals surface area contributed by atoms with Crippen LogP contribution in [-0.2, 0) is 6.54 Å². The minimum absolute atomic E-state index is 0.0140. The van der Waals surface area contributed by atoms with Gasteiger partial charge in [-0.3, -0.25) is 9.69 Å². The number of hydrogen-bond donors (Lipinski definition) is 0. The average Bonchev–Trinajstić information content (AvgIpc) is 2.38. The second kappa shape index (κ2) is 6.89. The maximum atomic E-state index is 12.2. The van der Waals surface area contributed by atoms with Crippen molar-refractivity contribution in [3.05, 3.63) is 69.7 Å². The molecule has 2 aromatic rings. The van der Waals surface area contributed by atoms with Gasteiger partial charge >= 0.3 is 0 Å². The second-order valence-corrected chi connectivity index (χ2v) is 5.55. The Labute approximate surface area is 128 Å². The molecule has 4 heteroatoms. The van der Waals surface area contributed by atoms with E-state index in [4.69, 9.17) is 23.2 Å². The summed E-state index contributed by atoms with van der Waals surface area (Å²) in [6.07, 6.45) is 0. The minimum Gasteiger partial charge on any atom is -0.295 e. The quantitative estimate of drug-likeness (QED) is 0.767. The van der Waals surface area contributed by atoms with Crippen LogP contribution in [0.15, 0.2) is 48.5 Å². The normalized spacial score (nSPS) is 10.8. The Kier molecular flexibility index (Phi) is 5.18. The molecule has 0 aliphatic carbocycles. The topological polar surface area (TPSA) is 20.3 Å². The highest BCUT2D eigenvalue weighted by Crippen LogP contribution is 2.16. The molecule has 0 atom stereocenters. The molecule has 0 radical (unpaired) electrons. The van der Waals surface area contributed by atoms with E-state index in [2.05, 4.69) is 0 Å². The van der Waals surface area contributed by atoms with Crippen LogP contribution in [0.25, 0.3) is 0 Å². The van der Waals surface area contributed by atoms with Gasteiger partial charge in [0.1, 0.15) is 0 Å². The Morgan fingerprint density at radius 3 is 2.55 bits per heavy atom. The van der Waals surface area contributed by atoms with Gasteiger partial charge in [0, 0.05) is 17.1 Å². The molecule has 0 aliphatic rings. The van der Waals surface area contributed by atoms with Gasteiger partial charge in [-0.15, -0.1) is 0 Å². The second-order valence-electron chi connectivity index (χ2n) is 4.71. The summed E-state index contributed by atoms with van der Waals surface area (Å²) < 4.78 is 0. The van der Waals surface area contributed by atoms with Gasteiger partial charge in [-0.25, -0.2) is 0 Å². The van der Waals surface area contributed by atoms with Crippen LogP contribution in [0, 0.1) is 0 Å². The summed E-state index contributed by atoms with van der Waals surface area (Å²) >= 11 is 12.0. The summed E-state index contributed by atoms with van der Waals surface area (Å²) in [5, 5.41) is 1.20. The number of ketones is 1. The number of benzene rings is 2. The van der Waals surface area contributed by atoms with Crippen LogP contribution in [-0.4, -0.2) is 24.3 Å². The molecule has 0 aliphatic heterocycles. The minimum atomic E-state index is 0.0140. The van der Waals surface area contributed by atoms with Crippen LogP contribution < -0.4 is 0 Å². The number of hydrogen-bond acceptors (Lipinski definition) is 2. The molecule has 2 nitrogen and oxygen atoms in total. The fraction of sp³-hybridized carbons (Fsp3) is 0.188. The van der Waals surface area contributed by atoms with Gasteiger partial charge in [-0.1, -0.05) is 47.5 Å². The lowest BCUT2D eigenvalue weighted by molar-refractivity contribution is 0.0943. The van der Waals surface area contributed by atoms with Gasteiger partial charge in [-0.2, -0.15) is 0 Å². The molecule has 0 N–H and O–H groups in total. The van der Waals surface area contributed by atoms with Crippen molar-refractivity contribution in [3.8, 4) is 0 Å². The molecule has 0 aromatic heterocycles. The molecular weight excluding hydrogens is 293 g/mol. The maximum absolute atomic E-state index is 12.2. The molecule has 20 heavy (non-hydrogen) atoms. The fourth-order valence-electron chi connectivity index (χ4n) is 2.02. The van der Waals surface area contributed by atoms with Crippen LogP contribution in [0.4, 0.5) is 0 Å². The highest BCUT2D eigenvalue weighted by molar-refractivity contribution is 6.34. The number of halogens is 2. The van der Waals surface area contributed by atoms with Gasteiger partial charge in [-0.05, 0) is 36.9 Å². The van der Waals surface area contributed by atoms with Gasteiger partial charge in [0.15, 0.2) is 5.78 Å². The van der Waals surface area contributed by atoms with E-state index in [1.807, 2.05) is 48.3 Å². The summed E-state index contributed by atoms with van der Waals surface area (Å²) in [6.45, 7) is 0.979. The summed E-state index contributed by atoms with van der Waals surface area (Å²) in [5.41, 5.74) is 1.64. The summed E-state index contributed by atoms with van der Waals surface area (Å²) in [4.78, 5) is 14.1. The van der Waals surface area contributed by atoms with E-state index in [1.54, 1.807) is 12.1 Å². The molecular formula is C16H15Cl2NO. The molecule has 0 unspecified atom stereocenters. The van der Waals surface area contributed by atoms with E-state index in [1.165, 1.54) is 0 Å². The first-order valence-electron chi connectivity index (χ1n) is 6.27. The van der Waals surface area contributed by atoms with E-state index in [0.717, 1.165) is 5.56 Å². The molecule has 0 saturated carbocycles. The van der Waals surface area contributed by atoms with Crippen molar-refractivity contribution >= 4 is 29.0 Å². The Bertz CT molecular complexity index is 613. The number of nitrogens with zero attached hydrogens (tertiary/aromatic N) is 1. The fourth-order valence-corrected chi connectivity index (χ4v) is 2.47. The van der Waals surface area contributed by atoms with Crippen molar-refractivity contribution in [1.82, 2.24) is 4.90 Å². The van der Waals surface area contributed by atoms with E-state index in [9.17, 15) is 4.79 Å². The summed E-state index contributed by atoms with van der Waals surface area (Å²) in [7, 11) is 1.90. The van der Waals surface area contributed by atoms with E-state index in [0.29, 0.717) is 28.7 Å². The lowest BCUT2D eigenvalue weighted by Gasteiger charge is -2.16. The van der Waals surface area contributed by atoms with Crippen molar-refractivity contribution in [3.63, 3.8) is 0 Å². The molecule has 0 amide bonds. The first kappa shape index (κ1) is 15.0. The first-order chi connectivity index (χ1) is 9.56. The molecule has 2 rings (SSSR count). The van der Waals surface area contributed by atoms with E-state index < -0.39 is 0 Å². The highest BCUT2D eigenvalue weighted by Gasteiger charge is 2.12. The van der Waals surface area contributed by atoms with Gasteiger partial charge in [0.2, 0.25) is 0 Å². The number of carbonyl (C=O) groups is 1. The van der Waals surface area contributed by atoms with Gasteiger partial charge in [0.25, 0.3) is 0 Å². The van der Waals surface area contributed by atoms with Crippen LogP contribution >= 0.6 is 23.2 Å². The van der Waals surface area contributed by atoms with E-state index >= 15 is 0 Å². The number of carbonyl (C=O) groups excluding carboxylic acids is 1. The zero-order valence-electron chi connectivity index (χ0n) is 11.1. The van der Waals surface area contributed by atoms with Crippen molar-refractivity contribution in [2.45, 2.75) is 6.54 Å². The van der Waals surface area contributed by atoms with E-state index in [-0.39, 0.29) is 5.78 Å².